The van der Waals surface area contributed by atoms with Crippen LogP contribution in [0.25, 0.3) is 11.2 Å². The number of hydrogen-bond donors (Lipinski definition) is 1. The molecule has 0 spiro atoms. The zero-order chi connectivity index (χ0) is 23.1. The quantitative estimate of drug-likeness (QED) is 0.532. The molecule has 2 aliphatic rings. The third kappa shape index (κ3) is 3.76. The van der Waals surface area contributed by atoms with Crippen LogP contribution in [0.15, 0.2) is 33.9 Å². The molecule has 2 unspecified atom stereocenters. The van der Waals surface area contributed by atoms with Crippen LogP contribution in [0.5, 0.6) is 0 Å². The van der Waals surface area contributed by atoms with Crippen LogP contribution in [-0.4, -0.2) is 57.6 Å². The minimum absolute atomic E-state index is 0.171. The van der Waals surface area contributed by atoms with Crippen molar-refractivity contribution < 1.29 is 9.13 Å². The molecule has 9 nitrogen and oxygen atoms in total. The van der Waals surface area contributed by atoms with Crippen LogP contribution in [0.4, 0.5) is 10.3 Å². The number of nitrogens with one attached hydrogen (secondary N) is 1. The third-order valence-corrected chi connectivity index (χ3v) is 6.83. The molecule has 0 amide bonds. The van der Waals surface area contributed by atoms with Crippen molar-refractivity contribution in [2.24, 2.45) is 13.0 Å². The first-order valence-corrected chi connectivity index (χ1v) is 11.5. The highest BCUT2D eigenvalue weighted by molar-refractivity contribution is 5.75. The summed E-state index contributed by atoms with van der Waals surface area (Å²) in [6.07, 6.45) is 1.05. The number of halogens is 1. The van der Waals surface area contributed by atoms with Crippen LogP contribution in [0.2, 0.25) is 0 Å². The van der Waals surface area contributed by atoms with E-state index in [4.69, 9.17) is 9.72 Å². The molecule has 2 atom stereocenters. The second kappa shape index (κ2) is 8.75. The first kappa shape index (κ1) is 21.8. The van der Waals surface area contributed by atoms with Crippen molar-refractivity contribution in [3.63, 3.8) is 0 Å². The zero-order valence-electron chi connectivity index (χ0n) is 19.0. The normalized spacial score (nSPS) is 20.2. The molecule has 10 heteroatoms. The van der Waals surface area contributed by atoms with Gasteiger partial charge in [-0.05, 0) is 37.0 Å². The van der Waals surface area contributed by atoms with Crippen molar-refractivity contribution in [2.45, 2.75) is 32.5 Å². The van der Waals surface area contributed by atoms with E-state index in [1.54, 1.807) is 19.2 Å². The molecule has 3 aromatic rings. The van der Waals surface area contributed by atoms with Gasteiger partial charge in [-0.3, -0.25) is 18.5 Å². The Morgan fingerprint density at radius 1 is 1.18 bits per heavy atom. The van der Waals surface area contributed by atoms with E-state index in [-0.39, 0.29) is 24.5 Å². The van der Waals surface area contributed by atoms with Gasteiger partial charge in [0.05, 0.1) is 19.7 Å². The van der Waals surface area contributed by atoms with Crippen molar-refractivity contribution >= 4 is 17.1 Å². The Kier molecular flexibility index (Phi) is 5.79. The molecule has 0 bridgehead atoms. The maximum Gasteiger partial charge on any atom is 0.332 e. The van der Waals surface area contributed by atoms with Crippen molar-refractivity contribution in [3.05, 3.63) is 56.5 Å². The summed E-state index contributed by atoms with van der Waals surface area (Å²) in [5, 5.41) is 3.45. The van der Waals surface area contributed by atoms with Gasteiger partial charge in [0.25, 0.3) is 5.56 Å². The Bertz CT molecular complexity index is 1280. The van der Waals surface area contributed by atoms with Crippen LogP contribution >= 0.6 is 0 Å². The number of hydrogen-bond acceptors (Lipinski definition) is 6. The van der Waals surface area contributed by atoms with E-state index in [9.17, 15) is 14.0 Å². The van der Waals surface area contributed by atoms with Gasteiger partial charge in [0.2, 0.25) is 5.95 Å². The fourth-order valence-corrected chi connectivity index (χ4v) is 5.10. The van der Waals surface area contributed by atoms with Gasteiger partial charge in [-0.15, -0.1) is 0 Å². The summed E-state index contributed by atoms with van der Waals surface area (Å²) in [4.78, 5) is 33.6. The van der Waals surface area contributed by atoms with Crippen molar-refractivity contribution in [1.82, 2.24) is 24.0 Å². The lowest BCUT2D eigenvalue weighted by atomic mass is 10.1. The van der Waals surface area contributed by atoms with Gasteiger partial charge in [-0.25, -0.2) is 9.18 Å². The number of imidazole rings is 1. The average molecular weight is 457 g/mol. The number of aryl methyl sites for hydroxylation is 1. The van der Waals surface area contributed by atoms with Crippen LogP contribution in [-0.2, 0) is 24.9 Å². The highest BCUT2D eigenvalue weighted by atomic mass is 19.1. The van der Waals surface area contributed by atoms with E-state index in [2.05, 4.69) is 10.2 Å². The summed E-state index contributed by atoms with van der Waals surface area (Å²) in [6, 6.07) is 6.55. The number of nitrogens with zero attached hydrogens (tertiary/aromatic N) is 5. The summed E-state index contributed by atoms with van der Waals surface area (Å²) in [7, 11) is 1.64. The van der Waals surface area contributed by atoms with Crippen molar-refractivity contribution in [1.29, 1.82) is 0 Å². The number of fused-ring (bicyclic) bond motifs is 2. The fourth-order valence-electron chi connectivity index (χ4n) is 5.10. The lowest BCUT2D eigenvalue weighted by Gasteiger charge is -2.25. The lowest BCUT2D eigenvalue weighted by Crippen LogP contribution is -2.40. The summed E-state index contributed by atoms with van der Waals surface area (Å²) < 4.78 is 23.5. The van der Waals surface area contributed by atoms with Gasteiger partial charge in [0, 0.05) is 39.3 Å². The molecule has 2 saturated heterocycles. The summed E-state index contributed by atoms with van der Waals surface area (Å²) in [5.74, 6) is 0.908. The predicted molar refractivity (Wildman–Crippen MR) is 123 cm³/mol. The minimum Gasteiger partial charge on any atom is -0.380 e. The first-order chi connectivity index (χ1) is 16.0. The molecule has 1 aromatic carbocycles. The molecule has 2 aromatic heterocycles. The Hall–Kier alpha value is -2.98. The molecule has 0 saturated carbocycles. The molecule has 1 N–H and O–H groups in total. The van der Waals surface area contributed by atoms with Crippen molar-refractivity contribution in [3.8, 4) is 0 Å². The Morgan fingerprint density at radius 3 is 2.73 bits per heavy atom. The largest absolute Gasteiger partial charge is 0.380 e. The SMILES string of the molecule is CCOCCn1c(=O)c2c(nc(N3CCC4CNCC43)n2Cc2ccc(F)cc2)n(C)c1=O. The standard InChI is InChI=1S/C23H29FN6O3/c1-3-33-11-10-29-21(31)19-20(27(2)23(29)32)26-22(28-9-8-16-12-25-13-18(16)28)30(19)14-15-4-6-17(24)7-5-15/h4-7,16,18,25H,3,8-14H2,1-2H3. The summed E-state index contributed by atoms with van der Waals surface area (Å²) in [5.41, 5.74) is 0.804. The van der Waals surface area contributed by atoms with E-state index >= 15 is 0 Å². The minimum atomic E-state index is -0.410. The zero-order valence-corrected chi connectivity index (χ0v) is 19.0. The lowest BCUT2D eigenvalue weighted by molar-refractivity contribution is 0.137. The van der Waals surface area contributed by atoms with E-state index < -0.39 is 5.69 Å². The summed E-state index contributed by atoms with van der Waals surface area (Å²) in [6.45, 7) is 5.86. The van der Waals surface area contributed by atoms with Gasteiger partial charge in [-0.1, -0.05) is 12.1 Å². The molecular formula is C23H29FN6O3. The molecule has 33 heavy (non-hydrogen) atoms. The number of rotatable bonds is 7. The van der Waals surface area contributed by atoms with E-state index in [1.807, 2.05) is 11.5 Å². The van der Waals surface area contributed by atoms with Gasteiger partial charge in [0.1, 0.15) is 5.82 Å². The average Bonchev–Trinajstić information content (AvgIpc) is 3.51. The van der Waals surface area contributed by atoms with E-state index in [0.717, 1.165) is 31.6 Å². The predicted octanol–water partition coefficient (Wildman–Crippen LogP) is 0.919. The molecule has 0 radical (unpaired) electrons. The molecule has 176 valence electrons. The highest BCUT2D eigenvalue weighted by Gasteiger charge is 2.40. The van der Waals surface area contributed by atoms with E-state index in [1.165, 1.54) is 21.3 Å². The first-order valence-electron chi connectivity index (χ1n) is 11.5. The monoisotopic (exact) mass is 456 g/mol. The smallest absolute Gasteiger partial charge is 0.332 e. The molecule has 2 fully saturated rings. The maximum atomic E-state index is 13.6. The topological polar surface area (TPSA) is 86.3 Å². The number of ether oxygens (including phenoxy) is 1. The van der Waals surface area contributed by atoms with Crippen LogP contribution in [0.1, 0.15) is 18.9 Å². The highest BCUT2D eigenvalue weighted by Crippen LogP contribution is 2.33. The molecular weight excluding hydrogens is 427 g/mol. The van der Waals surface area contributed by atoms with Crippen LogP contribution < -0.4 is 21.5 Å². The van der Waals surface area contributed by atoms with Gasteiger partial charge < -0.3 is 15.0 Å². The molecule has 5 rings (SSSR count). The van der Waals surface area contributed by atoms with Gasteiger partial charge in [-0.2, -0.15) is 4.98 Å². The van der Waals surface area contributed by atoms with Gasteiger partial charge >= 0.3 is 5.69 Å². The van der Waals surface area contributed by atoms with Crippen LogP contribution in [0.3, 0.4) is 0 Å². The van der Waals surface area contributed by atoms with Gasteiger partial charge in [0.15, 0.2) is 11.2 Å². The third-order valence-electron chi connectivity index (χ3n) is 6.83. The molecule has 0 aliphatic carbocycles. The Morgan fingerprint density at radius 2 is 1.97 bits per heavy atom. The second-order valence-electron chi connectivity index (χ2n) is 8.76. The second-order valence-corrected chi connectivity index (χ2v) is 8.76. The molecule has 4 heterocycles. The molecule has 2 aliphatic heterocycles. The number of benzene rings is 1. The number of aromatic nitrogens is 4. The maximum absolute atomic E-state index is 13.6. The van der Waals surface area contributed by atoms with E-state index in [0.29, 0.717) is 42.2 Å². The van der Waals surface area contributed by atoms with Crippen molar-refractivity contribution in [2.75, 3.05) is 37.7 Å². The Labute approximate surface area is 190 Å². The fraction of sp³-hybridized carbons (Fsp3) is 0.522. The Balaban J connectivity index is 1.69. The number of anilines is 1. The van der Waals surface area contributed by atoms with Crippen LogP contribution in [0, 0.1) is 11.7 Å². The summed E-state index contributed by atoms with van der Waals surface area (Å²) >= 11 is 0.